The van der Waals surface area contributed by atoms with Crippen molar-refractivity contribution in [2.45, 2.75) is 24.7 Å². The SMILES string of the molecule is CCc1ccc(S(=O)(=O)NCCC(N)=S)cc1. The van der Waals surface area contributed by atoms with E-state index in [9.17, 15) is 8.42 Å². The van der Waals surface area contributed by atoms with Crippen LogP contribution in [-0.4, -0.2) is 20.0 Å². The molecule has 17 heavy (non-hydrogen) atoms. The Morgan fingerprint density at radius 1 is 1.35 bits per heavy atom. The second-order valence-corrected chi connectivity index (χ2v) is 5.90. The molecule has 0 heterocycles. The van der Waals surface area contributed by atoms with Gasteiger partial charge in [0.25, 0.3) is 0 Å². The van der Waals surface area contributed by atoms with Crippen LogP contribution >= 0.6 is 12.2 Å². The van der Waals surface area contributed by atoms with Gasteiger partial charge < -0.3 is 5.73 Å². The van der Waals surface area contributed by atoms with Crippen molar-refractivity contribution >= 4 is 27.2 Å². The normalized spacial score (nSPS) is 11.4. The van der Waals surface area contributed by atoms with Crippen LogP contribution in [0.3, 0.4) is 0 Å². The van der Waals surface area contributed by atoms with E-state index in [4.69, 9.17) is 5.73 Å². The summed E-state index contributed by atoms with van der Waals surface area (Å²) in [5.41, 5.74) is 6.40. The fraction of sp³-hybridized carbons (Fsp3) is 0.364. The Morgan fingerprint density at radius 3 is 2.41 bits per heavy atom. The molecule has 1 rings (SSSR count). The smallest absolute Gasteiger partial charge is 0.240 e. The van der Waals surface area contributed by atoms with E-state index in [0.29, 0.717) is 11.4 Å². The number of sulfonamides is 1. The van der Waals surface area contributed by atoms with Crippen LogP contribution in [0, 0.1) is 0 Å². The van der Waals surface area contributed by atoms with Gasteiger partial charge in [0.05, 0.1) is 9.88 Å². The lowest BCUT2D eigenvalue weighted by Crippen LogP contribution is -2.27. The van der Waals surface area contributed by atoms with Crippen molar-refractivity contribution in [3.05, 3.63) is 29.8 Å². The molecule has 0 aromatic heterocycles. The predicted octanol–water partition coefficient (Wildman–Crippen LogP) is 1.20. The van der Waals surface area contributed by atoms with E-state index in [-0.39, 0.29) is 11.4 Å². The van der Waals surface area contributed by atoms with Gasteiger partial charge in [-0.25, -0.2) is 13.1 Å². The molecule has 0 atom stereocenters. The summed E-state index contributed by atoms with van der Waals surface area (Å²) in [5, 5.41) is 0. The highest BCUT2D eigenvalue weighted by atomic mass is 32.2. The van der Waals surface area contributed by atoms with Gasteiger partial charge in [-0.05, 0) is 24.1 Å². The molecule has 0 aliphatic carbocycles. The molecule has 1 aromatic carbocycles. The highest BCUT2D eigenvalue weighted by molar-refractivity contribution is 7.89. The number of rotatable bonds is 6. The number of aryl methyl sites for hydroxylation is 1. The number of hydrogen-bond donors (Lipinski definition) is 2. The van der Waals surface area contributed by atoms with Gasteiger partial charge in [0.15, 0.2) is 0 Å². The zero-order chi connectivity index (χ0) is 12.9. The molecule has 6 heteroatoms. The lowest BCUT2D eigenvalue weighted by atomic mass is 10.2. The quantitative estimate of drug-likeness (QED) is 0.763. The van der Waals surface area contributed by atoms with E-state index in [0.717, 1.165) is 12.0 Å². The summed E-state index contributed by atoms with van der Waals surface area (Å²) in [6.45, 7) is 2.25. The third-order valence-corrected chi connectivity index (χ3v) is 3.99. The standard InChI is InChI=1S/C11H16N2O2S2/c1-2-9-3-5-10(6-4-9)17(14,15)13-8-7-11(12)16/h3-6,13H,2,7-8H2,1H3,(H2,12,16). The molecule has 0 fully saturated rings. The Balaban J connectivity index is 2.72. The van der Waals surface area contributed by atoms with Gasteiger partial charge in [0, 0.05) is 13.0 Å². The molecule has 0 aliphatic rings. The van der Waals surface area contributed by atoms with Crippen molar-refractivity contribution in [2.24, 2.45) is 5.73 Å². The summed E-state index contributed by atoms with van der Waals surface area (Å²) in [6, 6.07) is 6.81. The molecule has 0 amide bonds. The highest BCUT2D eigenvalue weighted by Gasteiger charge is 2.12. The van der Waals surface area contributed by atoms with Crippen molar-refractivity contribution in [2.75, 3.05) is 6.54 Å². The van der Waals surface area contributed by atoms with E-state index in [1.165, 1.54) is 0 Å². The van der Waals surface area contributed by atoms with Crippen LogP contribution in [0.5, 0.6) is 0 Å². The van der Waals surface area contributed by atoms with Crippen LogP contribution in [0.1, 0.15) is 18.9 Å². The van der Waals surface area contributed by atoms with E-state index in [1.807, 2.05) is 19.1 Å². The zero-order valence-electron chi connectivity index (χ0n) is 9.64. The maximum Gasteiger partial charge on any atom is 0.240 e. The maximum atomic E-state index is 11.8. The molecular formula is C11H16N2O2S2. The topological polar surface area (TPSA) is 72.2 Å². The van der Waals surface area contributed by atoms with Gasteiger partial charge in [0.2, 0.25) is 10.0 Å². The molecule has 94 valence electrons. The second kappa shape index (κ2) is 6.09. The van der Waals surface area contributed by atoms with Crippen molar-refractivity contribution in [1.82, 2.24) is 4.72 Å². The van der Waals surface area contributed by atoms with Crippen molar-refractivity contribution in [3.63, 3.8) is 0 Å². The number of nitrogens with one attached hydrogen (secondary N) is 1. The minimum absolute atomic E-state index is 0.229. The van der Waals surface area contributed by atoms with Crippen LogP contribution in [-0.2, 0) is 16.4 Å². The van der Waals surface area contributed by atoms with E-state index >= 15 is 0 Å². The average Bonchev–Trinajstić information content (AvgIpc) is 2.28. The molecule has 4 nitrogen and oxygen atoms in total. The Kier molecular flexibility index (Phi) is 5.04. The molecule has 0 saturated heterocycles. The summed E-state index contributed by atoms with van der Waals surface area (Å²) >= 11 is 4.68. The minimum atomic E-state index is -3.45. The fourth-order valence-corrected chi connectivity index (χ4v) is 2.43. The summed E-state index contributed by atoms with van der Waals surface area (Å²) < 4.78 is 26.1. The number of nitrogens with two attached hydrogens (primary N) is 1. The minimum Gasteiger partial charge on any atom is -0.393 e. The zero-order valence-corrected chi connectivity index (χ0v) is 11.3. The first-order valence-electron chi connectivity index (χ1n) is 5.32. The third kappa shape index (κ3) is 4.41. The molecule has 3 N–H and O–H groups in total. The van der Waals surface area contributed by atoms with Crippen LogP contribution < -0.4 is 10.5 Å². The highest BCUT2D eigenvalue weighted by Crippen LogP contribution is 2.10. The van der Waals surface area contributed by atoms with E-state index in [1.54, 1.807) is 12.1 Å². The first-order valence-corrected chi connectivity index (χ1v) is 7.21. The number of benzene rings is 1. The lowest BCUT2D eigenvalue weighted by Gasteiger charge is -2.06. The van der Waals surface area contributed by atoms with Crippen LogP contribution in [0.25, 0.3) is 0 Å². The van der Waals surface area contributed by atoms with Crippen molar-refractivity contribution in [3.8, 4) is 0 Å². The summed E-state index contributed by atoms with van der Waals surface area (Å²) in [4.78, 5) is 0.562. The third-order valence-electron chi connectivity index (χ3n) is 2.31. The molecule has 0 spiro atoms. The first kappa shape index (κ1) is 14.1. The molecular weight excluding hydrogens is 256 g/mol. The molecule has 0 unspecified atom stereocenters. The molecule has 0 saturated carbocycles. The maximum absolute atomic E-state index is 11.8. The second-order valence-electron chi connectivity index (χ2n) is 3.61. The first-order chi connectivity index (χ1) is 7.95. The lowest BCUT2D eigenvalue weighted by molar-refractivity contribution is 0.582. The summed E-state index contributed by atoms with van der Waals surface area (Å²) in [5.74, 6) is 0. The Bertz CT molecular complexity index is 481. The Labute approximate surface area is 107 Å². The van der Waals surface area contributed by atoms with E-state index in [2.05, 4.69) is 16.9 Å². The van der Waals surface area contributed by atoms with Crippen molar-refractivity contribution in [1.29, 1.82) is 0 Å². The van der Waals surface area contributed by atoms with Gasteiger partial charge in [-0.3, -0.25) is 0 Å². The molecule has 0 radical (unpaired) electrons. The van der Waals surface area contributed by atoms with Gasteiger partial charge in [-0.1, -0.05) is 31.3 Å². The van der Waals surface area contributed by atoms with E-state index < -0.39 is 10.0 Å². The van der Waals surface area contributed by atoms with Crippen LogP contribution in [0.4, 0.5) is 0 Å². The summed E-state index contributed by atoms with van der Waals surface area (Å²) in [6.07, 6.45) is 1.25. The van der Waals surface area contributed by atoms with Gasteiger partial charge in [0.1, 0.15) is 0 Å². The Morgan fingerprint density at radius 2 is 1.94 bits per heavy atom. The average molecular weight is 272 g/mol. The van der Waals surface area contributed by atoms with Gasteiger partial charge in [-0.15, -0.1) is 0 Å². The van der Waals surface area contributed by atoms with Gasteiger partial charge in [-0.2, -0.15) is 0 Å². The van der Waals surface area contributed by atoms with Crippen LogP contribution in [0.15, 0.2) is 29.2 Å². The number of thiocarbonyl (C=S) groups is 1. The monoisotopic (exact) mass is 272 g/mol. The largest absolute Gasteiger partial charge is 0.393 e. The Hall–Kier alpha value is -0.980. The molecule has 0 aliphatic heterocycles. The van der Waals surface area contributed by atoms with Crippen LogP contribution in [0.2, 0.25) is 0 Å². The van der Waals surface area contributed by atoms with Crippen molar-refractivity contribution < 1.29 is 8.42 Å². The molecule has 0 bridgehead atoms. The fourth-order valence-electron chi connectivity index (χ4n) is 1.30. The summed E-state index contributed by atoms with van der Waals surface area (Å²) in [7, 11) is -3.45. The number of hydrogen-bond acceptors (Lipinski definition) is 3. The van der Waals surface area contributed by atoms with Gasteiger partial charge >= 0.3 is 0 Å². The predicted molar refractivity (Wildman–Crippen MR) is 72.4 cm³/mol. The molecule has 1 aromatic rings.